The number of piperidine rings is 1. The second-order valence-electron chi connectivity index (χ2n) is 7.89. The van der Waals surface area contributed by atoms with Crippen LogP contribution in [-0.4, -0.2) is 39.8 Å². The SMILES string of the molecule is CC(=O)Nc1ccc(C(=O)N2CCC[C@H](c3nc(N)ncc3-c3cccc(F)c3)C2)cc1. The maximum atomic E-state index is 13.8. The van der Waals surface area contributed by atoms with Gasteiger partial charge < -0.3 is 16.0 Å². The predicted molar refractivity (Wildman–Crippen MR) is 120 cm³/mol. The molecule has 4 rings (SSSR count). The molecule has 0 bridgehead atoms. The molecule has 1 fully saturated rings. The quantitative estimate of drug-likeness (QED) is 0.651. The summed E-state index contributed by atoms with van der Waals surface area (Å²) in [6.45, 7) is 2.55. The predicted octanol–water partition coefficient (Wildman–Crippen LogP) is 3.84. The van der Waals surface area contributed by atoms with Gasteiger partial charge in [0.05, 0.1) is 5.69 Å². The average molecular weight is 433 g/mol. The van der Waals surface area contributed by atoms with Crippen LogP contribution < -0.4 is 11.1 Å². The molecule has 0 spiro atoms. The van der Waals surface area contributed by atoms with Crippen LogP contribution >= 0.6 is 0 Å². The summed E-state index contributed by atoms with van der Waals surface area (Å²) in [6, 6.07) is 13.1. The fourth-order valence-electron chi connectivity index (χ4n) is 4.07. The van der Waals surface area contributed by atoms with E-state index >= 15 is 0 Å². The summed E-state index contributed by atoms with van der Waals surface area (Å²) in [5, 5.41) is 2.69. The maximum Gasteiger partial charge on any atom is 0.253 e. The number of nitrogens with zero attached hydrogens (tertiary/aromatic N) is 3. The number of aromatic nitrogens is 2. The van der Waals surface area contributed by atoms with Crippen molar-refractivity contribution in [2.45, 2.75) is 25.7 Å². The van der Waals surface area contributed by atoms with Crippen LogP contribution in [0.15, 0.2) is 54.7 Å². The minimum atomic E-state index is -0.339. The molecule has 1 aliphatic rings. The van der Waals surface area contributed by atoms with E-state index in [0.29, 0.717) is 29.9 Å². The Bertz CT molecular complexity index is 1150. The first kappa shape index (κ1) is 21.4. The Balaban J connectivity index is 1.57. The van der Waals surface area contributed by atoms with Crippen LogP contribution in [-0.2, 0) is 4.79 Å². The number of carbonyl (C=O) groups is 2. The number of nitrogen functional groups attached to an aromatic ring is 1. The monoisotopic (exact) mass is 433 g/mol. The number of hydrogen-bond acceptors (Lipinski definition) is 5. The molecule has 2 aromatic carbocycles. The van der Waals surface area contributed by atoms with E-state index in [-0.39, 0.29) is 29.5 Å². The normalized spacial score (nSPS) is 15.9. The number of carbonyl (C=O) groups excluding carboxylic acids is 2. The van der Waals surface area contributed by atoms with Gasteiger partial charge in [-0.15, -0.1) is 0 Å². The molecule has 3 N–H and O–H groups in total. The highest BCUT2D eigenvalue weighted by Gasteiger charge is 2.28. The second-order valence-corrected chi connectivity index (χ2v) is 7.89. The number of nitrogens with one attached hydrogen (secondary N) is 1. The Labute approximate surface area is 185 Å². The molecule has 0 aliphatic carbocycles. The van der Waals surface area contributed by atoms with Crippen molar-refractivity contribution in [2.24, 2.45) is 0 Å². The van der Waals surface area contributed by atoms with Gasteiger partial charge in [0, 0.05) is 48.9 Å². The lowest BCUT2D eigenvalue weighted by Crippen LogP contribution is -2.39. The van der Waals surface area contributed by atoms with Crippen molar-refractivity contribution >= 4 is 23.5 Å². The molecular formula is C24H24FN5O2. The largest absolute Gasteiger partial charge is 0.368 e. The molecule has 1 atom stereocenters. The van der Waals surface area contributed by atoms with Crippen LogP contribution in [0.3, 0.4) is 0 Å². The van der Waals surface area contributed by atoms with Crippen LogP contribution in [0.1, 0.15) is 41.7 Å². The van der Waals surface area contributed by atoms with Gasteiger partial charge >= 0.3 is 0 Å². The second kappa shape index (κ2) is 9.13. The van der Waals surface area contributed by atoms with Gasteiger partial charge in [-0.05, 0) is 54.8 Å². The van der Waals surface area contributed by atoms with E-state index in [2.05, 4.69) is 15.3 Å². The Hall–Kier alpha value is -3.81. The number of hydrogen-bond donors (Lipinski definition) is 2. The van der Waals surface area contributed by atoms with Crippen LogP contribution in [0.25, 0.3) is 11.1 Å². The van der Waals surface area contributed by atoms with Gasteiger partial charge in [0.25, 0.3) is 5.91 Å². The molecule has 32 heavy (non-hydrogen) atoms. The maximum absolute atomic E-state index is 13.8. The average Bonchev–Trinajstić information content (AvgIpc) is 2.79. The molecular weight excluding hydrogens is 409 g/mol. The van der Waals surface area contributed by atoms with E-state index in [1.807, 2.05) is 6.07 Å². The lowest BCUT2D eigenvalue weighted by atomic mass is 9.89. The van der Waals surface area contributed by atoms with E-state index in [1.54, 1.807) is 41.4 Å². The molecule has 8 heteroatoms. The Morgan fingerprint density at radius 1 is 1.19 bits per heavy atom. The van der Waals surface area contributed by atoms with Crippen molar-refractivity contribution in [3.05, 3.63) is 71.8 Å². The number of anilines is 2. The number of halogens is 1. The first-order valence-corrected chi connectivity index (χ1v) is 10.5. The summed E-state index contributed by atoms with van der Waals surface area (Å²) in [4.78, 5) is 34.7. The summed E-state index contributed by atoms with van der Waals surface area (Å²) in [5.41, 5.74) is 9.18. The molecule has 1 aromatic heterocycles. The molecule has 0 unspecified atom stereocenters. The van der Waals surface area contributed by atoms with Crippen LogP contribution in [0.2, 0.25) is 0 Å². The molecule has 2 heterocycles. The molecule has 2 amide bonds. The molecule has 1 aliphatic heterocycles. The third kappa shape index (κ3) is 4.74. The number of nitrogens with two attached hydrogens (primary N) is 1. The van der Waals surface area contributed by atoms with Crippen molar-refractivity contribution in [1.82, 2.24) is 14.9 Å². The molecule has 3 aromatic rings. The zero-order valence-electron chi connectivity index (χ0n) is 17.7. The molecule has 164 valence electrons. The van der Waals surface area contributed by atoms with Crippen LogP contribution in [0.5, 0.6) is 0 Å². The van der Waals surface area contributed by atoms with E-state index in [1.165, 1.54) is 19.1 Å². The molecule has 1 saturated heterocycles. The van der Waals surface area contributed by atoms with Gasteiger partial charge in [-0.25, -0.2) is 14.4 Å². The zero-order chi connectivity index (χ0) is 22.7. The van der Waals surface area contributed by atoms with Crippen molar-refractivity contribution in [3.8, 4) is 11.1 Å². The molecule has 0 saturated carbocycles. The van der Waals surface area contributed by atoms with Crippen molar-refractivity contribution in [3.63, 3.8) is 0 Å². The summed E-state index contributed by atoms with van der Waals surface area (Å²) < 4.78 is 13.8. The van der Waals surface area contributed by atoms with E-state index in [9.17, 15) is 14.0 Å². The molecule has 7 nitrogen and oxygen atoms in total. The fourth-order valence-corrected chi connectivity index (χ4v) is 4.07. The summed E-state index contributed by atoms with van der Waals surface area (Å²) in [6.07, 6.45) is 3.27. The summed E-state index contributed by atoms with van der Waals surface area (Å²) in [7, 11) is 0. The number of likely N-dealkylation sites (tertiary alicyclic amines) is 1. The number of benzene rings is 2. The van der Waals surface area contributed by atoms with Gasteiger partial charge in [-0.2, -0.15) is 0 Å². The molecule has 0 radical (unpaired) electrons. The van der Waals surface area contributed by atoms with Crippen molar-refractivity contribution < 1.29 is 14.0 Å². The third-order valence-corrected chi connectivity index (χ3v) is 5.52. The van der Waals surface area contributed by atoms with E-state index in [0.717, 1.165) is 24.1 Å². The summed E-state index contributed by atoms with van der Waals surface area (Å²) >= 11 is 0. The Morgan fingerprint density at radius 2 is 1.97 bits per heavy atom. The highest BCUT2D eigenvalue weighted by Crippen LogP contribution is 2.34. The first-order chi connectivity index (χ1) is 15.4. The highest BCUT2D eigenvalue weighted by atomic mass is 19.1. The Morgan fingerprint density at radius 3 is 2.69 bits per heavy atom. The lowest BCUT2D eigenvalue weighted by Gasteiger charge is -2.33. The van der Waals surface area contributed by atoms with Crippen LogP contribution in [0, 0.1) is 5.82 Å². The van der Waals surface area contributed by atoms with Gasteiger partial charge in [0.1, 0.15) is 5.82 Å². The lowest BCUT2D eigenvalue weighted by molar-refractivity contribution is -0.114. The topological polar surface area (TPSA) is 101 Å². The van der Waals surface area contributed by atoms with E-state index in [4.69, 9.17) is 5.73 Å². The van der Waals surface area contributed by atoms with Crippen molar-refractivity contribution in [2.75, 3.05) is 24.1 Å². The third-order valence-electron chi connectivity index (χ3n) is 5.52. The van der Waals surface area contributed by atoms with Crippen molar-refractivity contribution in [1.29, 1.82) is 0 Å². The van der Waals surface area contributed by atoms with Gasteiger partial charge in [-0.3, -0.25) is 9.59 Å². The Kier molecular flexibility index (Phi) is 6.11. The smallest absolute Gasteiger partial charge is 0.253 e. The number of amides is 2. The number of rotatable bonds is 4. The highest BCUT2D eigenvalue weighted by molar-refractivity contribution is 5.95. The van der Waals surface area contributed by atoms with Gasteiger partial charge in [0.2, 0.25) is 11.9 Å². The van der Waals surface area contributed by atoms with Gasteiger partial charge in [0.15, 0.2) is 0 Å². The van der Waals surface area contributed by atoms with Gasteiger partial charge in [-0.1, -0.05) is 12.1 Å². The fraction of sp³-hybridized carbons (Fsp3) is 0.250. The zero-order valence-corrected chi connectivity index (χ0v) is 17.7. The summed E-state index contributed by atoms with van der Waals surface area (Å²) in [5.74, 6) is -0.486. The standard InChI is InChI=1S/C24H24FN5O2/c1-15(31)28-20-9-7-16(8-10-20)23(32)30-11-3-5-18(14-30)22-21(13-27-24(26)29-22)17-4-2-6-19(25)12-17/h2,4,6-10,12-13,18H,3,5,11,14H2,1H3,(H,28,31)(H2,26,27,29)/t18-/m0/s1. The van der Waals surface area contributed by atoms with Crippen LogP contribution in [0.4, 0.5) is 16.0 Å². The minimum absolute atomic E-state index is 0.0464. The minimum Gasteiger partial charge on any atom is -0.368 e. The van der Waals surface area contributed by atoms with E-state index < -0.39 is 0 Å². The first-order valence-electron chi connectivity index (χ1n) is 10.5.